The van der Waals surface area contributed by atoms with E-state index in [2.05, 4.69) is 16.4 Å². The molecule has 1 aromatic heterocycles. The average Bonchev–Trinajstić information content (AvgIpc) is 2.72. The molecule has 0 amide bonds. The molecule has 2 heterocycles. The van der Waals surface area contributed by atoms with E-state index in [1.807, 2.05) is 54.5 Å². The van der Waals surface area contributed by atoms with Crippen LogP contribution < -0.4 is 15.3 Å². The average molecular weight is 414 g/mol. The molecule has 6 nitrogen and oxygen atoms in total. The van der Waals surface area contributed by atoms with Crippen LogP contribution >= 0.6 is 11.6 Å². The number of fused-ring (bicyclic) bond motifs is 1. The largest absolute Gasteiger partial charge is 0.370 e. The van der Waals surface area contributed by atoms with E-state index in [1.165, 1.54) is 19.3 Å². The Morgan fingerprint density at radius 1 is 1.24 bits per heavy atom. The first-order valence-electron chi connectivity index (χ1n) is 10.1. The van der Waals surface area contributed by atoms with E-state index in [0.29, 0.717) is 6.54 Å². The molecule has 29 heavy (non-hydrogen) atoms. The molecule has 1 saturated carbocycles. The molecule has 2 aliphatic rings. The molecule has 2 aromatic rings. The zero-order valence-corrected chi connectivity index (χ0v) is 18.0. The maximum atomic E-state index is 6.17. The molecule has 0 atom stereocenters. The third kappa shape index (κ3) is 3.91. The number of anilines is 3. The van der Waals surface area contributed by atoms with Crippen LogP contribution in [0.25, 0.3) is 0 Å². The quantitative estimate of drug-likeness (QED) is 0.772. The first kappa shape index (κ1) is 20.0. The Labute approximate surface area is 177 Å². The lowest BCUT2D eigenvalue weighted by molar-refractivity contribution is 0.199. The van der Waals surface area contributed by atoms with Gasteiger partial charge in [-0.2, -0.15) is 0 Å². The Kier molecular flexibility index (Phi) is 5.65. The van der Waals surface area contributed by atoms with Gasteiger partial charge < -0.3 is 10.2 Å². The number of aromatic nitrogens is 1. The van der Waals surface area contributed by atoms with E-state index in [0.717, 1.165) is 46.5 Å². The number of amidine groups is 1. The number of aliphatic imine (C=N–C) groups is 1. The van der Waals surface area contributed by atoms with Crippen LogP contribution in [0.15, 0.2) is 41.5 Å². The second-order valence-electron chi connectivity index (χ2n) is 7.97. The molecule has 0 saturated heterocycles. The first-order chi connectivity index (χ1) is 14.0. The van der Waals surface area contributed by atoms with Crippen molar-refractivity contribution in [2.24, 2.45) is 4.99 Å². The van der Waals surface area contributed by atoms with Gasteiger partial charge in [0.15, 0.2) is 5.84 Å². The fourth-order valence-electron chi connectivity index (χ4n) is 4.27. The zero-order valence-electron chi connectivity index (χ0n) is 17.3. The highest BCUT2D eigenvalue weighted by Gasteiger charge is 2.45. The van der Waals surface area contributed by atoms with Crippen molar-refractivity contribution in [1.29, 1.82) is 0 Å². The molecular formula is C22H28ClN5O. The van der Waals surface area contributed by atoms with Gasteiger partial charge in [-0.3, -0.25) is 9.83 Å². The summed E-state index contributed by atoms with van der Waals surface area (Å²) in [5.74, 6) is 1.81. The summed E-state index contributed by atoms with van der Waals surface area (Å²) in [6.45, 7) is 0.556. The summed E-state index contributed by atoms with van der Waals surface area (Å²) in [4.78, 5) is 17.5. The van der Waals surface area contributed by atoms with Crippen LogP contribution in [0.3, 0.4) is 0 Å². The molecule has 4 rings (SSSR count). The molecule has 1 aliphatic carbocycles. The maximum absolute atomic E-state index is 6.17. The Morgan fingerprint density at radius 2 is 2.03 bits per heavy atom. The Hall–Kier alpha value is -2.31. The maximum Gasteiger partial charge on any atom is 0.156 e. The van der Waals surface area contributed by atoms with Crippen molar-refractivity contribution >= 4 is 34.6 Å². The molecule has 1 N–H and O–H groups in total. The molecule has 1 aromatic carbocycles. The standard InChI is InChI=1S/C22H28ClN5O/c1-27(2)20-13-19-18(15-24-20)26-22(10-5-4-6-11-22)21(28(19)29-3)25-14-16-8-7-9-17(23)12-16/h7-9,12-13,15,26H,4-6,10-11,14H2,1-3H3. The second-order valence-corrected chi connectivity index (χ2v) is 8.40. The Bertz CT molecular complexity index is 908. The minimum absolute atomic E-state index is 0.235. The van der Waals surface area contributed by atoms with Crippen LogP contribution in [-0.4, -0.2) is 37.6 Å². The second kappa shape index (κ2) is 8.20. The SMILES string of the molecule is CON1C(=NCc2cccc(Cl)c2)C2(CCCCC2)Nc2cnc(N(C)C)cc21. The Balaban J connectivity index is 1.78. The van der Waals surface area contributed by atoms with Crippen LogP contribution in [-0.2, 0) is 11.4 Å². The molecule has 1 fully saturated rings. The van der Waals surface area contributed by atoms with Gasteiger partial charge >= 0.3 is 0 Å². The van der Waals surface area contributed by atoms with Crippen molar-refractivity contribution in [1.82, 2.24) is 4.98 Å². The summed E-state index contributed by atoms with van der Waals surface area (Å²) in [6, 6.07) is 9.91. The summed E-state index contributed by atoms with van der Waals surface area (Å²) >= 11 is 6.17. The summed E-state index contributed by atoms with van der Waals surface area (Å²) in [5.41, 5.74) is 2.77. The van der Waals surface area contributed by atoms with E-state index < -0.39 is 0 Å². The molecule has 0 radical (unpaired) electrons. The highest BCUT2D eigenvalue weighted by Crippen LogP contribution is 2.43. The molecular weight excluding hydrogens is 386 g/mol. The van der Waals surface area contributed by atoms with E-state index in [4.69, 9.17) is 21.4 Å². The van der Waals surface area contributed by atoms with E-state index >= 15 is 0 Å². The van der Waals surface area contributed by atoms with E-state index in [1.54, 1.807) is 7.11 Å². The van der Waals surface area contributed by atoms with Crippen LogP contribution in [0.5, 0.6) is 0 Å². The molecule has 7 heteroatoms. The lowest BCUT2D eigenvalue weighted by Crippen LogP contribution is -2.58. The fraction of sp³-hybridized carbons (Fsp3) is 0.455. The van der Waals surface area contributed by atoms with Gasteiger partial charge in [0, 0.05) is 25.2 Å². The van der Waals surface area contributed by atoms with Gasteiger partial charge in [0.1, 0.15) is 5.82 Å². The monoisotopic (exact) mass is 413 g/mol. The number of hydrogen-bond acceptors (Lipinski definition) is 5. The summed E-state index contributed by atoms with van der Waals surface area (Å²) in [5, 5.41) is 6.40. The van der Waals surface area contributed by atoms with Crippen molar-refractivity contribution in [2.45, 2.75) is 44.2 Å². The number of benzene rings is 1. The number of rotatable bonds is 4. The van der Waals surface area contributed by atoms with Gasteiger partial charge in [0.25, 0.3) is 0 Å². The van der Waals surface area contributed by atoms with Gasteiger partial charge in [-0.25, -0.2) is 10.0 Å². The summed E-state index contributed by atoms with van der Waals surface area (Å²) in [6.07, 6.45) is 7.54. The van der Waals surface area contributed by atoms with Crippen LogP contribution in [0.1, 0.15) is 37.7 Å². The van der Waals surface area contributed by atoms with Crippen LogP contribution in [0, 0.1) is 0 Å². The van der Waals surface area contributed by atoms with Crippen LogP contribution in [0.2, 0.25) is 5.02 Å². The number of hydroxylamine groups is 1. The van der Waals surface area contributed by atoms with E-state index in [9.17, 15) is 0 Å². The van der Waals surface area contributed by atoms with Crippen molar-refractivity contribution in [3.63, 3.8) is 0 Å². The number of nitrogens with one attached hydrogen (secondary N) is 1. The Morgan fingerprint density at radius 3 is 2.72 bits per heavy atom. The van der Waals surface area contributed by atoms with Gasteiger partial charge in [-0.05, 0) is 30.5 Å². The molecule has 0 bridgehead atoms. The third-order valence-corrected chi connectivity index (χ3v) is 5.96. The molecule has 1 aliphatic heterocycles. The number of pyridine rings is 1. The van der Waals surface area contributed by atoms with Gasteiger partial charge in [-0.1, -0.05) is 43.0 Å². The lowest BCUT2D eigenvalue weighted by atomic mass is 9.79. The van der Waals surface area contributed by atoms with E-state index in [-0.39, 0.29) is 5.54 Å². The predicted molar refractivity (Wildman–Crippen MR) is 120 cm³/mol. The predicted octanol–water partition coefficient (Wildman–Crippen LogP) is 4.90. The first-order valence-corrected chi connectivity index (χ1v) is 10.5. The lowest BCUT2D eigenvalue weighted by Gasteiger charge is -2.47. The van der Waals surface area contributed by atoms with Crippen molar-refractivity contribution < 1.29 is 4.84 Å². The zero-order chi connectivity index (χ0) is 20.4. The number of nitrogens with zero attached hydrogens (tertiary/aromatic N) is 4. The number of hydrogen-bond donors (Lipinski definition) is 1. The summed E-state index contributed by atoms with van der Waals surface area (Å²) < 4.78 is 0. The molecule has 0 unspecified atom stereocenters. The minimum Gasteiger partial charge on any atom is -0.370 e. The van der Waals surface area contributed by atoms with Gasteiger partial charge in [-0.15, -0.1) is 0 Å². The highest BCUT2D eigenvalue weighted by molar-refractivity contribution is 6.30. The van der Waals surface area contributed by atoms with Crippen molar-refractivity contribution in [3.8, 4) is 0 Å². The number of halogens is 1. The smallest absolute Gasteiger partial charge is 0.156 e. The highest BCUT2D eigenvalue weighted by atomic mass is 35.5. The third-order valence-electron chi connectivity index (χ3n) is 5.73. The fourth-order valence-corrected chi connectivity index (χ4v) is 4.48. The van der Waals surface area contributed by atoms with Crippen molar-refractivity contribution in [3.05, 3.63) is 47.1 Å². The van der Waals surface area contributed by atoms with Gasteiger partial charge in [0.2, 0.25) is 0 Å². The topological polar surface area (TPSA) is 53.0 Å². The summed E-state index contributed by atoms with van der Waals surface area (Å²) in [7, 11) is 5.67. The molecule has 1 spiro atoms. The van der Waals surface area contributed by atoms with Gasteiger partial charge in [0.05, 0.1) is 36.8 Å². The normalized spacial score (nSPS) is 19.2. The molecule has 154 valence electrons. The van der Waals surface area contributed by atoms with Crippen LogP contribution in [0.4, 0.5) is 17.2 Å². The van der Waals surface area contributed by atoms with Crippen molar-refractivity contribution in [2.75, 3.05) is 36.5 Å². The minimum atomic E-state index is -0.235.